The van der Waals surface area contributed by atoms with Crippen LogP contribution >= 0.6 is 11.6 Å². The molecule has 1 saturated carbocycles. The largest absolute Gasteiger partial charge is 0.351 e. The molecule has 1 N–H and O–H groups in total. The molecule has 4 nitrogen and oxygen atoms in total. The smallest absolute Gasteiger partial charge is 0.230 e. The molecule has 1 heterocycles. The van der Waals surface area contributed by atoms with Gasteiger partial charge in [-0.3, -0.25) is 4.79 Å². The highest BCUT2D eigenvalue weighted by Gasteiger charge is 2.45. The van der Waals surface area contributed by atoms with Crippen molar-refractivity contribution < 1.29 is 4.79 Å². The quantitative estimate of drug-likeness (QED) is 0.734. The van der Waals surface area contributed by atoms with Gasteiger partial charge in [-0.25, -0.2) is 4.68 Å². The summed E-state index contributed by atoms with van der Waals surface area (Å²) in [5.74, 6) is 0.0820. The summed E-state index contributed by atoms with van der Waals surface area (Å²) in [5, 5.41) is 8.17. The van der Waals surface area contributed by atoms with Gasteiger partial charge in [0, 0.05) is 23.3 Å². The summed E-state index contributed by atoms with van der Waals surface area (Å²) in [4.78, 5) is 12.9. The van der Waals surface area contributed by atoms with Gasteiger partial charge >= 0.3 is 0 Å². The average Bonchev–Trinajstić information content (AvgIpc) is 3.10. The van der Waals surface area contributed by atoms with E-state index in [-0.39, 0.29) is 5.91 Å². The maximum atomic E-state index is 12.9. The third-order valence-corrected chi connectivity index (χ3v) is 5.40. The van der Waals surface area contributed by atoms with Gasteiger partial charge < -0.3 is 5.32 Å². The van der Waals surface area contributed by atoms with Crippen LogP contribution in [0.1, 0.15) is 30.4 Å². The van der Waals surface area contributed by atoms with E-state index in [1.807, 2.05) is 65.5 Å². The molecule has 2 aromatic carbocycles. The van der Waals surface area contributed by atoms with Gasteiger partial charge in [0.05, 0.1) is 17.3 Å². The lowest BCUT2D eigenvalue weighted by molar-refractivity contribution is -0.130. The molecule has 1 aliphatic carbocycles. The highest BCUT2D eigenvalue weighted by atomic mass is 35.5. The van der Waals surface area contributed by atoms with Crippen molar-refractivity contribution in [2.24, 2.45) is 0 Å². The Hall–Kier alpha value is -2.59. The predicted molar refractivity (Wildman–Crippen MR) is 102 cm³/mol. The molecular formula is C21H20ClN3O. The van der Waals surface area contributed by atoms with Gasteiger partial charge in [0.1, 0.15) is 0 Å². The van der Waals surface area contributed by atoms with E-state index in [1.165, 1.54) is 0 Å². The Bertz CT molecular complexity index is 899. The fraction of sp³-hybridized carbons (Fsp3) is 0.238. The second-order valence-electron chi connectivity index (χ2n) is 6.75. The third-order valence-electron chi connectivity index (χ3n) is 5.15. The van der Waals surface area contributed by atoms with Crippen LogP contribution in [0, 0.1) is 0 Å². The predicted octanol–water partition coefficient (Wildman–Crippen LogP) is 4.26. The number of halogens is 1. The monoisotopic (exact) mass is 365 g/mol. The number of carbonyl (C=O) groups excluding carboxylic acids is 1. The summed E-state index contributed by atoms with van der Waals surface area (Å²) in [6, 6.07) is 17.6. The van der Waals surface area contributed by atoms with Crippen LogP contribution in [0.25, 0.3) is 5.69 Å². The molecule has 0 spiro atoms. The molecule has 5 heteroatoms. The Morgan fingerprint density at radius 3 is 2.50 bits per heavy atom. The van der Waals surface area contributed by atoms with Crippen LogP contribution in [0.3, 0.4) is 0 Å². The zero-order chi connectivity index (χ0) is 18.0. The minimum atomic E-state index is -0.417. The maximum absolute atomic E-state index is 12.9. The zero-order valence-electron chi connectivity index (χ0n) is 14.4. The Balaban J connectivity index is 1.45. The minimum Gasteiger partial charge on any atom is -0.351 e. The molecule has 1 aliphatic rings. The lowest BCUT2D eigenvalue weighted by Gasteiger charge is -2.40. The number of hydrogen-bond acceptors (Lipinski definition) is 2. The molecule has 0 aliphatic heterocycles. The molecule has 132 valence electrons. The summed E-state index contributed by atoms with van der Waals surface area (Å²) in [6.07, 6.45) is 6.57. The third kappa shape index (κ3) is 3.13. The molecule has 1 amide bonds. The number of para-hydroxylation sites is 1. The van der Waals surface area contributed by atoms with Crippen molar-refractivity contribution >= 4 is 17.5 Å². The summed E-state index contributed by atoms with van der Waals surface area (Å²) < 4.78 is 1.82. The van der Waals surface area contributed by atoms with Crippen LogP contribution in [0.15, 0.2) is 67.0 Å². The van der Waals surface area contributed by atoms with Gasteiger partial charge in [0.2, 0.25) is 5.91 Å². The number of hydrogen-bond donors (Lipinski definition) is 1. The zero-order valence-corrected chi connectivity index (χ0v) is 15.1. The number of nitrogens with one attached hydrogen (secondary N) is 1. The summed E-state index contributed by atoms with van der Waals surface area (Å²) in [5.41, 5.74) is 2.61. The van der Waals surface area contributed by atoms with Gasteiger partial charge in [0.15, 0.2) is 0 Å². The number of amides is 1. The number of rotatable bonds is 5. The Labute approximate surface area is 157 Å². The molecule has 0 saturated heterocycles. The Morgan fingerprint density at radius 2 is 1.85 bits per heavy atom. The number of carbonyl (C=O) groups is 1. The number of nitrogens with zero attached hydrogens (tertiary/aromatic N) is 2. The summed E-state index contributed by atoms with van der Waals surface area (Å²) >= 11 is 5.99. The van der Waals surface area contributed by atoms with Crippen molar-refractivity contribution in [3.63, 3.8) is 0 Å². The van der Waals surface area contributed by atoms with Crippen molar-refractivity contribution in [1.82, 2.24) is 15.1 Å². The van der Waals surface area contributed by atoms with E-state index in [1.54, 1.807) is 6.20 Å². The van der Waals surface area contributed by atoms with Gasteiger partial charge in [-0.05, 0) is 42.7 Å². The molecular weight excluding hydrogens is 346 g/mol. The lowest BCUT2D eigenvalue weighted by Crippen LogP contribution is -2.48. The van der Waals surface area contributed by atoms with Crippen LogP contribution < -0.4 is 5.32 Å². The van der Waals surface area contributed by atoms with Gasteiger partial charge in [-0.15, -0.1) is 0 Å². The van der Waals surface area contributed by atoms with Crippen LogP contribution in [0.4, 0.5) is 0 Å². The first kappa shape index (κ1) is 16.9. The fourth-order valence-electron chi connectivity index (χ4n) is 3.47. The van der Waals surface area contributed by atoms with E-state index in [0.717, 1.165) is 36.1 Å². The maximum Gasteiger partial charge on any atom is 0.230 e. The number of benzene rings is 2. The molecule has 1 fully saturated rings. The van der Waals surface area contributed by atoms with Crippen molar-refractivity contribution in [2.75, 3.05) is 0 Å². The van der Waals surface area contributed by atoms with Crippen molar-refractivity contribution in [1.29, 1.82) is 0 Å². The van der Waals surface area contributed by atoms with Crippen LogP contribution in [-0.4, -0.2) is 15.7 Å². The van der Waals surface area contributed by atoms with E-state index < -0.39 is 5.41 Å². The standard InChI is InChI=1S/C21H20ClN3O/c22-18-9-7-17(8-10-18)21(11-4-12-21)20(26)23-13-16-14-24-25(15-16)19-5-2-1-3-6-19/h1-3,5-10,14-15H,4,11-13H2,(H,23,26). The molecule has 4 rings (SSSR count). The topological polar surface area (TPSA) is 46.9 Å². The van der Waals surface area contributed by atoms with Crippen molar-refractivity contribution in [2.45, 2.75) is 31.2 Å². The minimum absolute atomic E-state index is 0.0820. The van der Waals surface area contributed by atoms with Gasteiger partial charge in [-0.1, -0.05) is 48.4 Å². The average molecular weight is 366 g/mol. The second kappa shape index (κ2) is 6.96. The normalized spacial score (nSPS) is 15.3. The lowest BCUT2D eigenvalue weighted by atomic mass is 9.64. The van der Waals surface area contributed by atoms with Gasteiger partial charge in [0.25, 0.3) is 0 Å². The first-order chi connectivity index (χ1) is 12.7. The molecule has 26 heavy (non-hydrogen) atoms. The molecule has 1 aromatic heterocycles. The van der Waals surface area contributed by atoms with E-state index in [0.29, 0.717) is 11.6 Å². The Kier molecular flexibility index (Phi) is 4.51. The van der Waals surface area contributed by atoms with E-state index in [9.17, 15) is 4.79 Å². The van der Waals surface area contributed by atoms with Crippen LogP contribution in [-0.2, 0) is 16.8 Å². The molecule has 0 radical (unpaired) electrons. The molecule has 0 atom stereocenters. The van der Waals surface area contributed by atoms with E-state index in [4.69, 9.17) is 11.6 Å². The van der Waals surface area contributed by atoms with Crippen LogP contribution in [0.2, 0.25) is 5.02 Å². The highest BCUT2D eigenvalue weighted by molar-refractivity contribution is 6.30. The van der Waals surface area contributed by atoms with E-state index in [2.05, 4.69) is 10.4 Å². The summed E-state index contributed by atoms with van der Waals surface area (Å²) in [7, 11) is 0. The van der Waals surface area contributed by atoms with E-state index >= 15 is 0 Å². The fourth-order valence-corrected chi connectivity index (χ4v) is 3.60. The first-order valence-electron chi connectivity index (χ1n) is 8.81. The Morgan fingerprint density at radius 1 is 1.12 bits per heavy atom. The summed E-state index contributed by atoms with van der Waals surface area (Å²) in [6.45, 7) is 0.473. The van der Waals surface area contributed by atoms with Crippen LogP contribution in [0.5, 0.6) is 0 Å². The van der Waals surface area contributed by atoms with Crippen molar-refractivity contribution in [3.05, 3.63) is 83.1 Å². The molecule has 3 aromatic rings. The van der Waals surface area contributed by atoms with Crippen molar-refractivity contribution in [3.8, 4) is 5.69 Å². The SMILES string of the molecule is O=C(NCc1cnn(-c2ccccc2)c1)C1(c2ccc(Cl)cc2)CCC1. The molecule has 0 unspecified atom stereocenters. The first-order valence-corrected chi connectivity index (χ1v) is 9.18. The molecule has 0 bridgehead atoms. The number of aromatic nitrogens is 2. The second-order valence-corrected chi connectivity index (χ2v) is 7.19. The highest BCUT2D eigenvalue weighted by Crippen LogP contribution is 2.44. The van der Waals surface area contributed by atoms with Gasteiger partial charge in [-0.2, -0.15) is 5.10 Å².